The van der Waals surface area contributed by atoms with Crippen molar-refractivity contribution in [1.82, 2.24) is 9.88 Å². The minimum Gasteiger partial charge on any atom is -0.396 e. The molecule has 3 heterocycles. The van der Waals surface area contributed by atoms with E-state index in [9.17, 15) is 9.90 Å². The van der Waals surface area contributed by atoms with E-state index in [2.05, 4.69) is 9.88 Å². The van der Waals surface area contributed by atoms with Crippen LogP contribution in [0.2, 0.25) is 5.02 Å². The Bertz CT molecular complexity index is 822. The number of hydrogen-bond donors (Lipinski definition) is 2. The first-order valence-corrected chi connectivity index (χ1v) is 8.70. The SMILES string of the molecule is O=c1[nH]c2cc(Cl)ccc2cc1CN1C[C@@H]2CCOC[C@]2(CO)C1. The Labute approximate surface area is 145 Å². The minimum atomic E-state index is -0.171. The zero-order valence-corrected chi connectivity index (χ0v) is 14.2. The lowest BCUT2D eigenvalue weighted by Gasteiger charge is -2.36. The maximum absolute atomic E-state index is 12.4. The average Bonchev–Trinajstić information content (AvgIpc) is 2.94. The lowest BCUT2D eigenvalue weighted by Crippen LogP contribution is -2.42. The third-order valence-corrected chi connectivity index (χ3v) is 5.71. The van der Waals surface area contributed by atoms with E-state index >= 15 is 0 Å². The van der Waals surface area contributed by atoms with Crippen LogP contribution < -0.4 is 5.56 Å². The quantitative estimate of drug-likeness (QED) is 0.890. The summed E-state index contributed by atoms with van der Waals surface area (Å²) in [5.41, 5.74) is 1.26. The predicted molar refractivity (Wildman–Crippen MR) is 93.3 cm³/mol. The van der Waals surface area contributed by atoms with Gasteiger partial charge in [-0.3, -0.25) is 9.69 Å². The minimum absolute atomic E-state index is 0.0751. The van der Waals surface area contributed by atoms with Crippen molar-refractivity contribution in [2.24, 2.45) is 11.3 Å². The van der Waals surface area contributed by atoms with Crippen molar-refractivity contribution < 1.29 is 9.84 Å². The number of H-pyrrole nitrogens is 1. The van der Waals surface area contributed by atoms with Crippen molar-refractivity contribution in [2.75, 3.05) is 32.9 Å². The highest BCUT2D eigenvalue weighted by Crippen LogP contribution is 2.41. The molecule has 0 unspecified atom stereocenters. The summed E-state index contributed by atoms with van der Waals surface area (Å²) in [7, 11) is 0. The van der Waals surface area contributed by atoms with Crippen molar-refractivity contribution >= 4 is 22.5 Å². The molecule has 1 aromatic carbocycles. The number of aromatic amines is 1. The van der Waals surface area contributed by atoms with Crippen molar-refractivity contribution in [3.05, 3.63) is 45.2 Å². The molecule has 1 aromatic heterocycles. The zero-order chi connectivity index (χ0) is 16.7. The number of hydrogen-bond acceptors (Lipinski definition) is 4. The summed E-state index contributed by atoms with van der Waals surface area (Å²) >= 11 is 5.98. The summed E-state index contributed by atoms with van der Waals surface area (Å²) in [4.78, 5) is 17.6. The Morgan fingerprint density at radius 2 is 2.29 bits per heavy atom. The standard InChI is InChI=1S/C18H21ClN2O3/c19-15-2-1-12-5-13(17(23)20-16(12)6-15)7-21-8-14-3-4-24-11-18(14,9-21)10-22/h1-2,5-6,14,22H,3-4,7-11H2,(H,20,23)/t14-,18+/m0/s1. The van der Waals surface area contributed by atoms with Crippen LogP contribution in [0.25, 0.3) is 10.9 Å². The number of nitrogens with zero attached hydrogens (tertiary/aromatic N) is 1. The molecule has 4 rings (SSSR count). The molecule has 2 atom stereocenters. The molecule has 2 aliphatic heterocycles. The summed E-state index contributed by atoms with van der Waals surface area (Å²) in [6.07, 6.45) is 0.976. The normalized spacial score (nSPS) is 27.5. The molecule has 0 aliphatic carbocycles. The van der Waals surface area contributed by atoms with E-state index in [-0.39, 0.29) is 17.6 Å². The average molecular weight is 349 g/mol. The highest BCUT2D eigenvalue weighted by atomic mass is 35.5. The number of ether oxygens (including phenoxy) is 1. The number of aliphatic hydroxyl groups excluding tert-OH is 1. The van der Waals surface area contributed by atoms with E-state index in [4.69, 9.17) is 16.3 Å². The Morgan fingerprint density at radius 3 is 3.08 bits per heavy atom. The van der Waals surface area contributed by atoms with Gasteiger partial charge in [0.25, 0.3) is 5.56 Å². The van der Waals surface area contributed by atoms with Gasteiger partial charge in [-0.1, -0.05) is 17.7 Å². The molecule has 2 fully saturated rings. The maximum Gasteiger partial charge on any atom is 0.252 e. The fourth-order valence-corrected chi connectivity index (χ4v) is 4.30. The fraction of sp³-hybridized carbons (Fsp3) is 0.500. The smallest absolute Gasteiger partial charge is 0.252 e. The van der Waals surface area contributed by atoms with Gasteiger partial charge < -0.3 is 14.8 Å². The maximum atomic E-state index is 12.4. The van der Waals surface area contributed by atoms with Crippen LogP contribution in [0.15, 0.2) is 29.1 Å². The van der Waals surface area contributed by atoms with Crippen LogP contribution in [0.3, 0.4) is 0 Å². The summed E-state index contributed by atoms with van der Waals surface area (Å²) in [5, 5.41) is 11.5. The molecule has 0 bridgehead atoms. The van der Waals surface area contributed by atoms with Crippen LogP contribution in [0, 0.1) is 11.3 Å². The van der Waals surface area contributed by atoms with Gasteiger partial charge >= 0.3 is 0 Å². The molecule has 6 heteroatoms. The van der Waals surface area contributed by atoms with Crippen molar-refractivity contribution in [1.29, 1.82) is 0 Å². The molecule has 0 amide bonds. The summed E-state index contributed by atoms with van der Waals surface area (Å²) < 4.78 is 5.60. The Kier molecular flexibility index (Phi) is 4.12. The van der Waals surface area contributed by atoms with E-state index in [1.807, 2.05) is 18.2 Å². The molecule has 0 spiro atoms. The molecular formula is C18H21ClN2O3. The van der Waals surface area contributed by atoms with Crippen LogP contribution in [0.5, 0.6) is 0 Å². The molecule has 24 heavy (non-hydrogen) atoms. The number of benzene rings is 1. The summed E-state index contributed by atoms with van der Waals surface area (Å²) in [6.45, 7) is 3.77. The first-order chi connectivity index (χ1) is 11.6. The largest absolute Gasteiger partial charge is 0.396 e. The zero-order valence-electron chi connectivity index (χ0n) is 13.4. The van der Waals surface area contributed by atoms with Crippen LogP contribution in [0.1, 0.15) is 12.0 Å². The van der Waals surface area contributed by atoms with Gasteiger partial charge in [-0.25, -0.2) is 0 Å². The van der Waals surface area contributed by atoms with Gasteiger partial charge in [0.2, 0.25) is 0 Å². The van der Waals surface area contributed by atoms with Gasteiger partial charge in [-0.15, -0.1) is 0 Å². The molecule has 2 aliphatic rings. The van der Waals surface area contributed by atoms with Crippen LogP contribution in [-0.2, 0) is 11.3 Å². The number of aromatic nitrogens is 1. The van der Waals surface area contributed by atoms with E-state index in [1.54, 1.807) is 6.07 Å². The van der Waals surface area contributed by atoms with Crippen molar-refractivity contribution in [3.8, 4) is 0 Å². The Morgan fingerprint density at radius 1 is 1.42 bits per heavy atom. The molecule has 0 radical (unpaired) electrons. The molecular weight excluding hydrogens is 328 g/mol. The first kappa shape index (κ1) is 16.1. The third kappa shape index (κ3) is 2.75. The first-order valence-electron chi connectivity index (χ1n) is 8.32. The number of aliphatic hydroxyl groups is 1. The molecule has 2 saturated heterocycles. The number of pyridine rings is 1. The van der Waals surface area contributed by atoms with Crippen LogP contribution in [0.4, 0.5) is 0 Å². The second kappa shape index (κ2) is 6.15. The molecule has 128 valence electrons. The second-order valence-corrected chi connectivity index (χ2v) is 7.52. The van der Waals surface area contributed by atoms with Gasteiger partial charge in [-0.2, -0.15) is 0 Å². The van der Waals surface area contributed by atoms with Gasteiger partial charge in [0, 0.05) is 47.8 Å². The van der Waals surface area contributed by atoms with E-state index in [0.29, 0.717) is 24.1 Å². The predicted octanol–water partition coefficient (Wildman–Crippen LogP) is 2.01. The van der Waals surface area contributed by atoms with Crippen LogP contribution in [-0.4, -0.2) is 47.9 Å². The topological polar surface area (TPSA) is 65.6 Å². The van der Waals surface area contributed by atoms with E-state index in [1.165, 1.54) is 0 Å². The molecule has 5 nitrogen and oxygen atoms in total. The number of rotatable bonds is 3. The number of nitrogens with one attached hydrogen (secondary N) is 1. The van der Waals surface area contributed by atoms with E-state index < -0.39 is 0 Å². The second-order valence-electron chi connectivity index (χ2n) is 7.08. The fourth-order valence-electron chi connectivity index (χ4n) is 4.13. The van der Waals surface area contributed by atoms with Gasteiger partial charge in [0.1, 0.15) is 0 Å². The number of likely N-dealkylation sites (tertiary alicyclic amines) is 1. The Balaban J connectivity index is 1.59. The van der Waals surface area contributed by atoms with Gasteiger partial charge in [-0.05, 0) is 35.9 Å². The van der Waals surface area contributed by atoms with Crippen molar-refractivity contribution in [2.45, 2.75) is 13.0 Å². The van der Waals surface area contributed by atoms with Crippen molar-refractivity contribution in [3.63, 3.8) is 0 Å². The monoisotopic (exact) mass is 348 g/mol. The number of fused-ring (bicyclic) bond motifs is 2. The lowest BCUT2D eigenvalue weighted by molar-refractivity contribution is -0.0561. The Hall–Kier alpha value is -1.40. The summed E-state index contributed by atoms with van der Waals surface area (Å²) in [5.74, 6) is 0.439. The molecule has 0 saturated carbocycles. The number of halogens is 1. The third-order valence-electron chi connectivity index (χ3n) is 5.48. The van der Waals surface area contributed by atoms with E-state index in [0.717, 1.165) is 42.6 Å². The lowest BCUT2D eigenvalue weighted by atomic mass is 9.76. The molecule has 2 aromatic rings. The summed E-state index contributed by atoms with van der Waals surface area (Å²) in [6, 6.07) is 7.46. The van der Waals surface area contributed by atoms with Crippen LogP contribution >= 0.6 is 11.6 Å². The van der Waals surface area contributed by atoms with Gasteiger partial charge in [0.15, 0.2) is 0 Å². The highest BCUT2D eigenvalue weighted by Gasteiger charge is 2.48. The van der Waals surface area contributed by atoms with Gasteiger partial charge in [0.05, 0.1) is 13.2 Å². The highest BCUT2D eigenvalue weighted by molar-refractivity contribution is 6.31. The molecule has 2 N–H and O–H groups in total.